The SMILES string of the molecule is CCOc1ccc2nc(N(Cc3ccccn3)C(=O)c3ccc4nccnc4c3)sc2c1. The van der Waals surface area contributed by atoms with E-state index in [1.807, 2.05) is 43.3 Å². The predicted molar refractivity (Wildman–Crippen MR) is 125 cm³/mol. The van der Waals surface area contributed by atoms with Gasteiger partial charge in [0.1, 0.15) is 5.75 Å². The molecule has 0 atom stereocenters. The zero-order chi connectivity index (χ0) is 21.9. The lowest BCUT2D eigenvalue weighted by atomic mass is 10.1. The normalized spacial score (nSPS) is 11.0. The molecule has 0 bridgehead atoms. The van der Waals surface area contributed by atoms with Gasteiger partial charge in [0.2, 0.25) is 0 Å². The first-order valence-electron chi connectivity index (χ1n) is 10.2. The average Bonchev–Trinajstić information content (AvgIpc) is 3.26. The van der Waals surface area contributed by atoms with Crippen molar-refractivity contribution in [3.8, 4) is 5.75 Å². The van der Waals surface area contributed by atoms with Crippen LogP contribution in [-0.2, 0) is 6.54 Å². The van der Waals surface area contributed by atoms with Gasteiger partial charge in [0.05, 0.1) is 40.1 Å². The largest absolute Gasteiger partial charge is 0.494 e. The van der Waals surface area contributed by atoms with Crippen LogP contribution in [0.15, 0.2) is 73.2 Å². The Balaban J connectivity index is 1.56. The smallest absolute Gasteiger partial charge is 0.260 e. The van der Waals surface area contributed by atoms with Gasteiger partial charge < -0.3 is 4.74 Å². The Morgan fingerprint density at radius 2 is 1.78 bits per heavy atom. The lowest BCUT2D eigenvalue weighted by Crippen LogP contribution is -2.30. The number of nitrogens with zero attached hydrogens (tertiary/aromatic N) is 5. The molecule has 5 rings (SSSR count). The molecule has 0 aliphatic heterocycles. The van der Waals surface area contributed by atoms with Crippen LogP contribution in [0.2, 0.25) is 0 Å². The summed E-state index contributed by atoms with van der Waals surface area (Å²) in [6.07, 6.45) is 4.97. The number of carbonyl (C=O) groups excluding carboxylic acids is 1. The van der Waals surface area contributed by atoms with Crippen molar-refractivity contribution in [2.24, 2.45) is 0 Å². The molecule has 0 saturated heterocycles. The van der Waals surface area contributed by atoms with Crippen LogP contribution in [0.5, 0.6) is 5.75 Å². The Hall–Kier alpha value is -3.91. The maximum Gasteiger partial charge on any atom is 0.260 e. The van der Waals surface area contributed by atoms with Crippen LogP contribution in [0.25, 0.3) is 21.3 Å². The van der Waals surface area contributed by atoms with E-state index in [9.17, 15) is 4.79 Å². The number of anilines is 1. The van der Waals surface area contributed by atoms with Gasteiger partial charge in [0, 0.05) is 24.2 Å². The number of fused-ring (bicyclic) bond motifs is 2. The Morgan fingerprint density at radius 1 is 0.938 bits per heavy atom. The van der Waals surface area contributed by atoms with Crippen LogP contribution in [0.4, 0.5) is 5.13 Å². The number of hydrogen-bond acceptors (Lipinski definition) is 7. The Morgan fingerprint density at radius 3 is 2.59 bits per heavy atom. The van der Waals surface area contributed by atoms with Crippen LogP contribution in [0.1, 0.15) is 23.0 Å². The summed E-state index contributed by atoms with van der Waals surface area (Å²) >= 11 is 1.45. The molecule has 7 nitrogen and oxygen atoms in total. The van der Waals surface area contributed by atoms with Gasteiger partial charge >= 0.3 is 0 Å². The molecule has 0 fully saturated rings. The van der Waals surface area contributed by atoms with E-state index in [-0.39, 0.29) is 5.91 Å². The number of amides is 1. The van der Waals surface area contributed by atoms with Crippen LogP contribution in [0.3, 0.4) is 0 Å². The van der Waals surface area contributed by atoms with Crippen LogP contribution in [-0.4, -0.2) is 32.4 Å². The van der Waals surface area contributed by atoms with Gasteiger partial charge in [-0.05, 0) is 55.5 Å². The Labute approximate surface area is 188 Å². The van der Waals surface area contributed by atoms with Gasteiger partial charge in [-0.1, -0.05) is 17.4 Å². The minimum atomic E-state index is -0.174. The number of hydrogen-bond donors (Lipinski definition) is 0. The summed E-state index contributed by atoms with van der Waals surface area (Å²) in [7, 11) is 0. The van der Waals surface area contributed by atoms with E-state index in [0.29, 0.717) is 29.4 Å². The van der Waals surface area contributed by atoms with E-state index < -0.39 is 0 Å². The molecule has 5 aromatic rings. The van der Waals surface area contributed by atoms with Crippen LogP contribution >= 0.6 is 11.3 Å². The number of aromatic nitrogens is 4. The number of carbonyl (C=O) groups is 1. The molecule has 0 N–H and O–H groups in total. The van der Waals surface area contributed by atoms with E-state index in [4.69, 9.17) is 9.72 Å². The fourth-order valence-corrected chi connectivity index (χ4v) is 4.39. The predicted octanol–water partition coefficient (Wildman–Crippen LogP) is 4.88. The summed E-state index contributed by atoms with van der Waals surface area (Å²) in [4.78, 5) is 33.0. The van der Waals surface area contributed by atoms with Crippen molar-refractivity contribution >= 4 is 43.6 Å². The molecule has 8 heteroatoms. The molecule has 32 heavy (non-hydrogen) atoms. The number of thiazole rings is 1. The third-order valence-corrected chi connectivity index (χ3v) is 5.94. The molecule has 0 saturated carbocycles. The minimum absolute atomic E-state index is 0.174. The molecule has 0 radical (unpaired) electrons. The van der Waals surface area contributed by atoms with Gasteiger partial charge in [-0.25, -0.2) is 4.98 Å². The Kier molecular flexibility index (Phi) is 5.43. The zero-order valence-electron chi connectivity index (χ0n) is 17.3. The van der Waals surface area contributed by atoms with Gasteiger partial charge in [0.25, 0.3) is 5.91 Å². The third-order valence-electron chi connectivity index (χ3n) is 4.90. The van der Waals surface area contributed by atoms with Crippen molar-refractivity contribution < 1.29 is 9.53 Å². The molecule has 0 unspecified atom stereocenters. The topological polar surface area (TPSA) is 81.1 Å². The summed E-state index contributed by atoms with van der Waals surface area (Å²) in [6.45, 7) is 2.84. The molecule has 1 amide bonds. The fourth-order valence-electron chi connectivity index (χ4n) is 3.40. The minimum Gasteiger partial charge on any atom is -0.494 e. The quantitative estimate of drug-likeness (QED) is 0.374. The first-order valence-corrected chi connectivity index (χ1v) is 11.0. The van der Waals surface area contributed by atoms with E-state index in [0.717, 1.165) is 27.2 Å². The maximum absolute atomic E-state index is 13.6. The lowest BCUT2D eigenvalue weighted by molar-refractivity contribution is 0.0985. The van der Waals surface area contributed by atoms with Gasteiger partial charge in [-0.15, -0.1) is 0 Å². The average molecular weight is 442 g/mol. The summed E-state index contributed by atoms with van der Waals surface area (Å²) in [5.41, 5.74) is 3.51. The second-order valence-corrected chi connectivity index (χ2v) is 8.04. The van der Waals surface area contributed by atoms with E-state index in [1.54, 1.807) is 41.7 Å². The number of benzene rings is 2. The standard InChI is InChI=1S/C24H19N5O2S/c1-2-31-18-7-9-20-22(14-18)32-24(28-20)29(15-17-5-3-4-10-25-17)23(30)16-6-8-19-21(13-16)27-12-11-26-19/h3-14H,2,15H2,1H3. The van der Waals surface area contributed by atoms with Gasteiger partial charge in [-0.2, -0.15) is 0 Å². The zero-order valence-corrected chi connectivity index (χ0v) is 18.1. The number of rotatable bonds is 6. The summed E-state index contributed by atoms with van der Waals surface area (Å²) in [5, 5.41) is 0.601. The highest BCUT2D eigenvalue weighted by atomic mass is 32.1. The summed E-state index contributed by atoms with van der Waals surface area (Å²) in [6, 6.07) is 16.7. The third kappa shape index (κ3) is 4.00. The molecular weight excluding hydrogens is 422 g/mol. The van der Waals surface area contributed by atoms with E-state index in [1.165, 1.54) is 11.3 Å². The fraction of sp³-hybridized carbons (Fsp3) is 0.125. The molecule has 3 heterocycles. The van der Waals surface area contributed by atoms with E-state index >= 15 is 0 Å². The van der Waals surface area contributed by atoms with Crippen molar-refractivity contribution in [3.63, 3.8) is 0 Å². The molecule has 0 aliphatic carbocycles. The molecule has 2 aromatic carbocycles. The number of pyridine rings is 1. The first kappa shape index (κ1) is 20.0. The highest BCUT2D eigenvalue weighted by Gasteiger charge is 2.23. The van der Waals surface area contributed by atoms with Crippen LogP contribution < -0.4 is 9.64 Å². The maximum atomic E-state index is 13.6. The van der Waals surface area contributed by atoms with Crippen molar-refractivity contribution in [2.45, 2.75) is 13.5 Å². The lowest BCUT2D eigenvalue weighted by Gasteiger charge is -2.19. The second kappa shape index (κ2) is 8.68. The van der Waals surface area contributed by atoms with Gasteiger partial charge in [0.15, 0.2) is 5.13 Å². The molecule has 0 spiro atoms. The highest BCUT2D eigenvalue weighted by molar-refractivity contribution is 7.22. The van der Waals surface area contributed by atoms with E-state index in [2.05, 4.69) is 15.0 Å². The van der Waals surface area contributed by atoms with Crippen molar-refractivity contribution in [3.05, 3.63) is 84.4 Å². The Bertz CT molecular complexity index is 1400. The monoisotopic (exact) mass is 441 g/mol. The highest BCUT2D eigenvalue weighted by Crippen LogP contribution is 2.33. The van der Waals surface area contributed by atoms with Crippen molar-refractivity contribution in [1.82, 2.24) is 19.9 Å². The first-order chi connectivity index (χ1) is 15.7. The molecule has 158 valence electrons. The molecular formula is C24H19N5O2S. The van der Waals surface area contributed by atoms with Crippen molar-refractivity contribution in [1.29, 1.82) is 0 Å². The second-order valence-electron chi connectivity index (χ2n) is 7.03. The molecule has 3 aromatic heterocycles. The summed E-state index contributed by atoms with van der Waals surface area (Å²) in [5.74, 6) is 0.609. The van der Waals surface area contributed by atoms with Crippen LogP contribution in [0, 0.1) is 0 Å². The number of ether oxygens (including phenoxy) is 1. The summed E-state index contributed by atoms with van der Waals surface area (Å²) < 4.78 is 6.57. The van der Waals surface area contributed by atoms with Gasteiger partial charge in [-0.3, -0.25) is 24.6 Å². The molecule has 0 aliphatic rings. The van der Waals surface area contributed by atoms with Crippen molar-refractivity contribution in [2.75, 3.05) is 11.5 Å².